The second kappa shape index (κ2) is 6.27. The van der Waals surface area contributed by atoms with E-state index in [4.69, 9.17) is 5.73 Å². The van der Waals surface area contributed by atoms with Crippen molar-refractivity contribution in [2.45, 2.75) is 26.1 Å². The molecule has 0 radical (unpaired) electrons. The van der Waals surface area contributed by atoms with E-state index in [1.165, 1.54) is 12.3 Å². The molecule has 0 aliphatic heterocycles. The Balaban J connectivity index is 3.26. The van der Waals surface area contributed by atoms with Crippen molar-refractivity contribution in [1.29, 1.82) is 0 Å². The minimum Gasteiger partial charge on any atom is -0.382 e. The number of rotatable bonds is 5. The highest BCUT2D eigenvalue weighted by atomic mass is 19.4. The molecule has 20 heavy (non-hydrogen) atoms. The van der Waals surface area contributed by atoms with Gasteiger partial charge in [0.25, 0.3) is 0 Å². The van der Waals surface area contributed by atoms with Gasteiger partial charge >= 0.3 is 6.18 Å². The van der Waals surface area contributed by atoms with Crippen LogP contribution in [-0.4, -0.2) is 16.9 Å². The second-order valence-electron chi connectivity index (χ2n) is 4.25. The zero-order valence-electron chi connectivity index (χ0n) is 11.1. The monoisotopic (exact) mass is 287 g/mol. The minimum absolute atomic E-state index is 0.0664. The summed E-state index contributed by atoms with van der Waals surface area (Å²) in [6, 6.07) is 2.18. The third kappa shape index (κ3) is 4.45. The number of aromatic nitrogens is 1. The Kier molecular flexibility index (Phi) is 4.95. The number of nitrogens with two attached hydrogens (primary N) is 1. The van der Waals surface area contributed by atoms with Crippen LogP contribution in [-0.2, 0) is 6.18 Å². The molecule has 0 amide bonds. The summed E-state index contributed by atoms with van der Waals surface area (Å²) < 4.78 is 38.4. The van der Waals surface area contributed by atoms with E-state index >= 15 is 0 Å². The Morgan fingerprint density at radius 1 is 1.45 bits per heavy atom. The topological polar surface area (TPSA) is 75.3 Å². The van der Waals surface area contributed by atoms with E-state index in [9.17, 15) is 13.2 Å². The van der Waals surface area contributed by atoms with Crippen molar-refractivity contribution in [1.82, 2.24) is 10.4 Å². The van der Waals surface area contributed by atoms with Crippen molar-refractivity contribution in [2.24, 2.45) is 10.8 Å². The van der Waals surface area contributed by atoms with Crippen molar-refractivity contribution < 1.29 is 13.2 Å². The highest BCUT2D eigenvalue weighted by Gasteiger charge is 2.33. The van der Waals surface area contributed by atoms with Crippen molar-refractivity contribution in [2.75, 3.05) is 5.32 Å². The van der Waals surface area contributed by atoms with Gasteiger partial charge in [0.15, 0.2) is 5.84 Å². The van der Waals surface area contributed by atoms with Crippen LogP contribution in [0.4, 0.5) is 19.0 Å². The molecule has 0 aliphatic rings. The van der Waals surface area contributed by atoms with Gasteiger partial charge in [0.2, 0.25) is 0 Å². The lowest BCUT2D eigenvalue weighted by atomic mass is 10.2. The summed E-state index contributed by atoms with van der Waals surface area (Å²) in [5.74, 6) is -0.00816. The maximum absolute atomic E-state index is 12.8. The summed E-state index contributed by atoms with van der Waals surface area (Å²) in [7, 11) is 0. The number of hydrogen-bond acceptors (Lipinski definition) is 4. The molecule has 0 aromatic carbocycles. The van der Waals surface area contributed by atoms with Crippen LogP contribution in [0.5, 0.6) is 0 Å². The number of nitrogens with zero attached hydrogens (tertiary/aromatic N) is 2. The Hall–Kier alpha value is -2.25. The summed E-state index contributed by atoms with van der Waals surface area (Å²) in [4.78, 5) is 3.52. The van der Waals surface area contributed by atoms with Crippen LogP contribution in [0.1, 0.15) is 25.1 Å². The fraction of sp³-hybridized carbons (Fsp3) is 0.333. The van der Waals surface area contributed by atoms with Crippen molar-refractivity contribution in [3.8, 4) is 0 Å². The number of anilines is 1. The number of hydrogen-bond donors (Lipinski definition) is 3. The molecule has 0 saturated carbocycles. The normalized spacial score (nSPS) is 12.4. The SMILES string of the molecule is C=CN/N=C(\N)c1cc(NC(C)C)nc(C(F)(F)F)c1. The van der Waals surface area contributed by atoms with Gasteiger partial charge in [0.05, 0.1) is 0 Å². The fourth-order valence-corrected chi connectivity index (χ4v) is 1.37. The summed E-state index contributed by atoms with van der Waals surface area (Å²) in [5, 5.41) is 6.47. The molecule has 0 bridgehead atoms. The van der Waals surface area contributed by atoms with Crippen molar-refractivity contribution >= 4 is 11.7 Å². The average molecular weight is 287 g/mol. The Morgan fingerprint density at radius 2 is 2.10 bits per heavy atom. The first-order valence-corrected chi connectivity index (χ1v) is 5.80. The maximum atomic E-state index is 12.8. The van der Waals surface area contributed by atoms with Gasteiger partial charge in [-0.05, 0) is 26.0 Å². The van der Waals surface area contributed by atoms with Gasteiger partial charge in [-0.1, -0.05) is 6.58 Å². The third-order valence-corrected chi connectivity index (χ3v) is 2.12. The van der Waals surface area contributed by atoms with Gasteiger partial charge in [-0.15, -0.1) is 0 Å². The molecule has 1 rings (SSSR count). The quantitative estimate of drug-likeness (QED) is 0.441. The molecule has 0 atom stereocenters. The molecule has 5 nitrogen and oxygen atoms in total. The molecule has 8 heteroatoms. The number of pyridine rings is 1. The minimum atomic E-state index is -4.56. The molecule has 1 heterocycles. The highest BCUT2D eigenvalue weighted by Crippen LogP contribution is 2.29. The molecule has 0 unspecified atom stereocenters. The lowest BCUT2D eigenvalue weighted by Gasteiger charge is -2.14. The Morgan fingerprint density at radius 3 is 2.60 bits per heavy atom. The van der Waals surface area contributed by atoms with Gasteiger partial charge in [0.1, 0.15) is 11.5 Å². The molecule has 110 valence electrons. The average Bonchev–Trinajstić information content (AvgIpc) is 2.33. The summed E-state index contributed by atoms with van der Waals surface area (Å²) in [5.41, 5.74) is 7.06. The summed E-state index contributed by atoms with van der Waals surface area (Å²) >= 11 is 0. The fourth-order valence-electron chi connectivity index (χ4n) is 1.37. The highest BCUT2D eigenvalue weighted by molar-refractivity contribution is 5.98. The lowest BCUT2D eigenvalue weighted by molar-refractivity contribution is -0.141. The van der Waals surface area contributed by atoms with Gasteiger partial charge in [0, 0.05) is 17.8 Å². The van der Waals surface area contributed by atoms with Crippen molar-refractivity contribution in [3.05, 3.63) is 36.2 Å². The van der Waals surface area contributed by atoms with Crippen molar-refractivity contribution in [3.63, 3.8) is 0 Å². The van der Waals surface area contributed by atoms with Crippen LogP contribution < -0.4 is 16.5 Å². The summed E-state index contributed by atoms with van der Waals surface area (Å²) in [6.45, 7) is 6.94. The van der Waals surface area contributed by atoms with E-state index in [1.54, 1.807) is 13.8 Å². The van der Waals surface area contributed by atoms with E-state index < -0.39 is 11.9 Å². The molecular formula is C12H16F3N5. The molecule has 0 fully saturated rings. The molecule has 0 spiro atoms. The molecule has 1 aromatic heterocycles. The predicted molar refractivity (Wildman–Crippen MR) is 72.1 cm³/mol. The maximum Gasteiger partial charge on any atom is 0.433 e. The standard InChI is InChI=1S/C12H16F3N5/c1-4-17-20-11(16)8-5-9(12(13,14)15)19-10(6-8)18-7(2)3/h4-7,17H,1H2,2-3H3,(H2,16,20)(H,18,19). The van der Waals surface area contributed by atoms with Gasteiger partial charge in [-0.2, -0.15) is 18.3 Å². The van der Waals surface area contributed by atoms with Gasteiger partial charge in [-0.25, -0.2) is 4.98 Å². The summed E-state index contributed by atoms with van der Waals surface area (Å²) in [6.07, 6.45) is -3.30. The molecule has 0 saturated heterocycles. The van der Waals surface area contributed by atoms with Crippen LogP contribution in [0.25, 0.3) is 0 Å². The van der Waals surface area contributed by atoms with E-state index in [1.807, 2.05) is 0 Å². The van der Waals surface area contributed by atoms with E-state index in [-0.39, 0.29) is 23.3 Å². The van der Waals surface area contributed by atoms with Crippen LogP contribution in [0.3, 0.4) is 0 Å². The predicted octanol–water partition coefficient (Wildman–Crippen LogP) is 2.27. The number of alkyl halides is 3. The first kappa shape index (κ1) is 15.8. The van der Waals surface area contributed by atoms with E-state index in [2.05, 4.69) is 27.4 Å². The van der Waals surface area contributed by atoms with E-state index in [0.29, 0.717) is 0 Å². The molecular weight excluding hydrogens is 271 g/mol. The van der Waals surface area contributed by atoms with Gasteiger partial charge < -0.3 is 11.1 Å². The lowest BCUT2D eigenvalue weighted by Crippen LogP contribution is -2.21. The Labute approximate surface area is 114 Å². The largest absolute Gasteiger partial charge is 0.433 e. The molecule has 1 aromatic rings. The second-order valence-corrected chi connectivity index (χ2v) is 4.25. The Bertz CT molecular complexity index is 508. The van der Waals surface area contributed by atoms with E-state index in [0.717, 1.165) is 6.07 Å². The molecule has 4 N–H and O–H groups in total. The molecule has 0 aliphatic carbocycles. The zero-order chi connectivity index (χ0) is 15.3. The number of amidine groups is 1. The van der Waals surface area contributed by atoms with Crippen LogP contribution >= 0.6 is 0 Å². The van der Waals surface area contributed by atoms with Crippen LogP contribution in [0, 0.1) is 0 Å². The first-order chi connectivity index (χ1) is 9.24. The van der Waals surface area contributed by atoms with Crippen LogP contribution in [0.2, 0.25) is 0 Å². The first-order valence-electron chi connectivity index (χ1n) is 5.80. The smallest absolute Gasteiger partial charge is 0.382 e. The number of halogens is 3. The zero-order valence-corrected chi connectivity index (χ0v) is 11.1. The third-order valence-electron chi connectivity index (χ3n) is 2.12. The van der Waals surface area contributed by atoms with Crippen LogP contribution in [0.15, 0.2) is 30.0 Å². The number of hydrazone groups is 1. The van der Waals surface area contributed by atoms with Gasteiger partial charge in [-0.3, -0.25) is 5.43 Å². The number of nitrogens with one attached hydrogen (secondary N) is 2.